The van der Waals surface area contributed by atoms with Crippen LogP contribution in [0.5, 0.6) is 0 Å². The second kappa shape index (κ2) is 6.68. The van der Waals surface area contributed by atoms with Crippen molar-refractivity contribution in [3.05, 3.63) is 30.3 Å². The molecule has 1 saturated carbocycles. The summed E-state index contributed by atoms with van der Waals surface area (Å²) >= 11 is 1.97. The van der Waals surface area contributed by atoms with Gasteiger partial charge >= 0.3 is 0 Å². The number of benzene rings is 1. The average Bonchev–Trinajstić information content (AvgIpc) is 3.06. The smallest absolute Gasteiger partial charge is 0.0732 e. The maximum atomic E-state index is 3.65. The summed E-state index contributed by atoms with van der Waals surface area (Å²) in [5.41, 5.74) is 1.25. The van der Waals surface area contributed by atoms with Gasteiger partial charge in [-0.25, -0.2) is 0 Å². The van der Waals surface area contributed by atoms with Crippen LogP contribution < -0.4 is 5.32 Å². The molecule has 2 unspecified atom stereocenters. The zero-order valence-corrected chi connectivity index (χ0v) is 13.0. The van der Waals surface area contributed by atoms with Crippen molar-refractivity contribution in [2.75, 3.05) is 12.3 Å². The zero-order chi connectivity index (χ0) is 13.8. The molecule has 0 bridgehead atoms. The van der Waals surface area contributed by atoms with Gasteiger partial charge < -0.3 is 10.3 Å². The fourth-order valence-corrected chi connectivity index (χ4v) is 4.39. The Labute approximate surface area is 125 Å². The van der Waals surface area contributed by atoms with Gasteiger partial charge in [-0.3, -0.25) is 0 Å². The molecule has 0 amide bonds. The summed E-state index contributed by atoms with van der Waals surface area (Å²) < 4.78 is 0. The van der Waals surface area contributed by atoms with Gasteiger partial charge in [-0.2, -0.15) is 0 Å². The van der Waals surface area contributed by atoms with Crippen molar-refractivity contribution < 1.29 is 0 Å². The maximum Gasteiger partial charge on any atom is 0.0732 e. The summed E-state index contributed by atoms with van der Waals surface area (Å²) in [7, 11) is 0. The number of fused-ring (bicyclic) bond motifs is 1. The van der Waals surface area contributed by atoms with Crippen molar-refractivity contribution in [3.8, 4) is 0 Å². The van der Waals surface area contributed by atoms with E-state index >= 15 is 0 Å². The van der Waals surface area contributed by atoms with E-state index in [0.717, 1.165) is 18.5 Å². The first-order valence-electron chi connectivity index (χ1n) is 7.80. The van der Waals surface area contributed by atoms with Crippen LogP contribution in [0.15, 0.2) is 35.4 Å². The molecule has 1 aromatic carbocycles. The van der Waals surface area contributed by atoms with Gasteiger partial charge in [-0.05, 0) is 49.6 Å². The third-order valence-corrected chi connectivity index (χ3v) is 5.35. The number of aromatic nitrogens is 1. The molecule has 108 valence electrons. The van der Waals surface area contributed by atoms with Gasteiger partial charge in [0.25, 0.3) is 0 Å². The highest BCUT2D eigenvalue weighted by molar-refractivity contribution is 7.99. The molecular weight excluding hydrogens is 264 g/mol. The van der Waals surface area contributed by atoms with E-state index in [9.17, 15) is 0 Å². The summed E-state index contributed by atoms with van der Waals surface area (Å²) in [5, 5.41) is 6.28. The highest BCUT2D eigenvalue weighted by atomic mass is 32.2. The molecule has 2 nitrogen and oxygen atoms in total. The molecule has 2 aromatic rings. The van der Waals surface area contributed by atoms with Crippen molar-refractivity contribution in [3.63, 3.8) is 0 Å². The van der Waals surface area contributed by atoms with E-state index in [0.29, 0.717) is 0 Å². The number of H-pyrrole nitrogens is 1. The number of thioether (sulfide) groups is 1. The van der Waals surface area contributed by atoms with E-state index in [1.165, 1.54) is 47.4 Å². The molecule has 3 heteroatoms. The predicted molar refractivity (Wildman–Crippen MR) is 88.4 cm³/mol. The molecule has 1 aliphatic carbocycles. The van der Waals surface area contributed by atoms with E-state index in [-0.39, 0.29) is 0 Å². The van der Waals surface area contributed by atoms with E-state index in [4.69, 9.17) is 0 Å². The lowest BCUT2D eigenvalue weighted by Crippen LogP contribution is -2.32. The topological polar surface area (TPSA) is 27.8 Å². The lowest BCUT2D eigenvalue weighted by Gasteiger charge is -2.19. The summed E-state index contributed by atoms with van der Waals surface area (Å²) in [6.07, 6.45) is 5.51. The second-order valence-corrected chi connectivity index (χ2v) is 6.85. The standard InChI is InChI=1S/C17H24N2S/c1-2-18-15-9-5-7-13(15)10-11-20-17-12-14-6-3-4-8-16(14)19-17/h3-4,6,8,12-13,15,18-19H,2,5,7,9-11H2,1H3. The number of nitrogens with one attached hydrogen (secondary N) is 2. The first-order chi connectivity index (χ1) is 9.86. The Bertz CT molecular complexity index is 516. The monoisotopic (exact) mass is 288 g/mol. The van der Waals surface area contributed by atoms with Crippen molar-refractivity contribution in [1.82, 2.24) is 10.3 Å². The van der Waals surface area contributed by atoms with Gasteiger partial charge in [0.1, 0.15) is 0 Å². The number of para-hydroxylation sites is 1. The summed E-state index contributed by atoms with van der Waals surface area (Å²) in [6.45, 7) is 3.32. The van der Waals surface area contributed by atoms with E-state index < -0.39 is 0 Å². The quantitative estimate of drug-likeness (QED) is 0.770. The predicted octanol–water partition coefficient (Wildman–Crippen LogP) is 4.43. The Morgan fingerprint density at radius 1 is 1.30 bits per heavy atom. The fraction of sp³-hybridized carbons (Fsp3) is 0.529. The third kappa shape index (κ3) is 3.21. The van der Waals surface area contributed by atoms with Gasteiger partial charge in [0, 0.05) is 16.9 Å². The van der Waals surface area contributed by atoms with Crippen LogP contribution in [0.25, 0.3) is 10.9 Å². The first kappa shape index (κ1) is 14.0. The van der Waals surface area contributed by atoms with Gasteiger partial charge in [-0.15, -0.1) is 11.8 Å². The van der Waals surface area contributed by atoms with Crippen LogP contribution in [0, 0.1) is 5.92 Å². The zero-order valence-electron chi connectivity index (χ0n) is 12.2. The second-order valence-electron chi connectivity index (χ2n) is 5.71. The summed E-state index contributed by atoms with van der Waals surface area (Å²) in [5.74, 6) is 2.10. The molecule has 20 heavy (non-hydrogen) atoms. The molecule has 1 fully saturated rings. The number of hydrogen-bond donors (Lipinski definition) is 2. The summed E-state index contributed by atoms with van der Waals surface area (Å²) in [6, 6.07) is 11.6. The maximum absolute atomic E-state index is 3.65. The largest absolute Gasteiger partial charge is 0.350 e. The Balaban J connectivity index is 1.52. The lowest BCUT2D eigenvalue weighted by atomic mass is 10.0. The minimum absolute atomic E-state index is 0.767. The van der Waals surface area contributed by atoms with E-state index in [2.05, 4.69) is 47.6 Å². The highest BCUT2D eigenvalue weighted by Crippen LogP contribution is 2.31. The van der Waals surface area contributed by atoms with Gasteiger partial charge in [0.2, 0.25) is 0 Å². The van der Waals surface area contributed by atoms with Gasteiger partial charge in [0.15, 0.2) is 0 Å². The number of aromatic amines is 1. The first-order valence-corrected chi connectivity index (χ1v) is 8.79. The molecule has 0 aliphatic heterocycles. The van der Waals surface area contributed by atoms with Crippen molar-refractivity contribution in [2.45, 2.75) is 43.7 Å². The van der Waals surface area contributed by atoms with E-state index in [1.54, 1.807) is 0 Å². The van der Waals surface area contributed by atoms with Crippen LogP contribution in [0.1, 0.15) is 32.6 Å². The Morgan fingerprint density at radius 3 is 3.05 bits per heavy atom. The minimum atomic E-state index is 0.767. The van der Waals surface area contributed by atoms with Crippen LogP contribution in [-0.4, -0.2) is 23.3 Å². The molecule has 1 aromatic heterocycles. The normalized spacial score (nSPS) is 22.6. The Kier molecular flexibility index (Phi) is 4.69. The third-order valence-electron chi connectivity index (χ3n) is 4.38. The molecule has 2 atom stereocenters. The lowest BCUT2D eigenvalue weighted by molar-refractivity contribution is 0.400. The Hall–Kier alpha value is -0.930. The molecule has 2 N–H and O–H groups in total. The molecule has 1 aliphatic rings. The van der Waals surface area contributed by atoms with Crippen LogP contribution >= 0.6 is 11.8 Å². The average molecular weight is 288 g/mol. The molecule has 0 radical (unpaired) electrons. The van der Waals surface area contributed by atoms with Gasteiger partial charge in [0.05, 0.1) is 5.03 Å². The van der Waals surface area contributed by atoms with Crippen LogP contribution in [-0.2, 0) is 0 Å². The summed E-state index contributed by atoms with van der Waals surface area (Å²) in [4.78, 5) is 3.50. The molecule has 1 heterocycles. The van der Waals surface area contributed by atoms with Crippen LogP contribution in [0.3, 0.4) is 0 Å². The molecule has 0 saturated heterocycles. The van der Waals surface area contributed by atoms with E-state index in [1.807, 2.05) is 11.8 Å². The van der Waals surface area contributed by atoms with Crippen molar-refractivity contribution >= 4 is 22.7 Å². The van der Waals surface area contributed by atoms with Crippen LogP contribution in [0.4, 0.5) is 0 Å². The molecule has 3 rings (SSSR count). The SMILES string of the molecule is CCNC1CCCC1CCSc1cc2ccccc2[nH]1. The van der Waals surface area contributed by atoms with Crippen LogP contribution in [0.2, 0.25) is 0 Å². The minimum Gasteiger partial charge on any atom is -0.350 e. The fourth-order valence-electron chi connectivity index (χ4n) is 3.36. The number of hydrogen-bond acceptors (Lipinski definition) is 2. The number of rotatable bonds is 6. The Morgan fingerprint density at radius 2 is 2.20 bits per heavy atom. The highest BCUT2D eigenvalue weighted by Gasteiger charge is 2.25. The van der Waals surface area contributed by atoms with Gasteiger partial charge in [-0.1, -0.05) is 31.5 Å². The molecule has 0 spiro atoms. The van der Waals surface area contributed by atoms with Crippen molar-refractivity contribution in [2.24, 2.45) is 5.92 Å². The van der Waals surface area contributed by atoms with Crippen molar-refractivity contribution in [1.29, 1.82) is 0 Å². The molecular formula is C17H24N2S.